The van der Waals surface area contributed by atoms with Crippen molar-refractivity contribution < 1.29 is 9.53 Å². The first-order valence-electron chi connectivity index (χ1n) is 7.27. The van der Waals surface area contributed by atoms with Gasteiger partial charge in [-0.25, -0.2) is 0 Å². The molecular formula is C16H22O2. The molecule has 0 amide bonds. The van der Waals surface area contributed by atoms with Gasteiger partial charge in [0.25, 0.3) is 0 Å². The molecule has 0 saturated carbocycles. The van der Waals surface area contributed by atoms with Crippen molar-refractivity contribution in [2.45, 2.75) is 58.5 Å². The Kier molecular flexibility index (Phi) is 3.04. The zero-order valence-corrected chi connectivity index (χ0v) is 11.4. The number of rotatable bonds is 2. The third-order valence-electron chi connectivity index (χ3n) is 4.39. The number of fused-ring (bicyclic) bond motifs is 2. The van der Waals surface area contributed by atoms with E-state index in [9.17, 15) is 4.79 Å². The number of carbonyl (C=O) groups excluding carboxylic acids is 1. The van der Waals surface area contributed by atoms with E-state index in [1.54, 1.807) is 0 Å². The quantitative estimate of drug-likeness (QED) is 0.741. The van der Waals surface area contributed by atoms with Crippen molar-refractivity contribution in [3.63, 3.8) is 0 Å². The van der Waals surface area contributed by atoms with Gasteiger partial charge in [0.1, 0.15) is 5.78 Å². The van der Waals surface area contributed by atoms with Crippen LogP contribution in [0.15, 0.2) is 23.0 Å². The Morgan fingerprint density at radius 1 is 1.33 bits per heavy atom. The van der Waals surface area contributed by atoms with Crippen molar-refractivity contribution in [3.8, 4) is 0 Å². The van der Waals surface area contributed by atoms with Crippen LogP contribution in [0.25, 0.3) is 0 Å². The molecule has 3 aliphatic rings. The second-order valence-corrected chi connectivity index (χ2v) is 6.23. The van der Waals surface area contributed by atoms with E-state index in [2.05, 4.69) is 19.9 Å². The number of ketones is 1. The van der Waals surface area contributed by atoms with E-state index < -0.39 is 0 Å². The second-order valence-electron chi connectivity index (χ2n) is 6.23. The van der Waals surface area contributed by atoms with E-state index in [4.69, 9.17) is 4.74 Å². The SMILES string of the molecule is CC(C)CC1CCC2=C(CCC3C(=O)CC=C23)O1. The molecule has 0 aromatic heterocycles. The Labute approximate surface area is 109 Å². The first-order valence-corrected chi connectivity index (χ1v) is 7.27. The van der Waals surface area contributed by atoms with Crippen molar-refractivity contribution in [2.75, 3.05) is 0 Å². The first-order chi connectivity index (χ1) is 8.65. The van der Waals surface area contributed by atoms with Crippen molar-refractivity contribution in [1.82, 2.24) is 0 Å². The predicted molar refractivity (Wildman–Crippen MR) is 71.0 cm³/mol. The molecule has 0 radical (unpaired) electrons. The lowest BCUT2D eigenvalue weighted by atomic mass is 9.80. The van der Waals surface area contributed by atoms with Crippen LogP contribution < -0.4 is 0 Å². The lowest BCUT2D eigenvalue weighted by Gasteiger charge is -2.34. The van der Waals surface area contributed by atoms with Crippen molar-refractivity contribution >= 4 is 5.78 Å². The summed E-state index contributed by atoms with van der Waals surface area (Å²) >= 11 is 0. The lowest BCUT2D eigenvalue weighted by molar-refractivity contribution is -0.120. The molecule has 2 nitrogen and oxygen atoms in total. The summed E-state index contributed by atoms with van der Waals surface area (Å²) in [5.41, 5.74) is 2.68. The number of carbonyl (C=O) groups is 1. The van der Waals surface area contributed by atoms with E-state index >= 15 is 0 Å². The highest BCUT2D eigenvalue weighted by molar-refractivity contribution is 5.90. The monoisotopic (exact) mass is 246 g/mol. The molecule has 2 unspecified atom stereocenters. The zero-order chi connectivity index (χ0) is 12.7. The Bertz CT molecular complexity index is 428. The summed E-state index contributed by atoms with van der Waals surface area (Å²) in [6, 6.07) is 0. The maximum absolute atomic E-state index is 11.8. The van der Waals surface area contributed by atoms with Crippen LogP contribution in [0.1, 0.15) is 52.4 Å². The fourth-order valence-electron chi connectivity index (χ4n) is 3.58. The Hall–Kier alpha value is -1.05. The number of hydrogen-bond donors (Lipinski definition) is 0. The van der Waals surface area contributed by atoms with Gasteiger partial charge in [0.2, 0.25) is 0 Å². The maximum Gasteiger partial charge on any atom is 0.144 e. The van der Waals surface area contributed by atoms with Gasteiger partial charge in [-0.1, -0.05) is 19.9 Å². The smallest absolute Gasteiger partial charge is 0.144 e. The Morgan fingerprint density at radius 3 is 2.94 bits per heavy atom. The van der Waals surface area contributed by atoms with E-state index in [0.717, 1.165) is 32.1 Å². The van der Waals surface area contributed by atoms with Crippen LogP contribution >= 0.6 is 0 Å². The fraction of sp³-hybridized carbons (Fsp3) is 0.688. The molecule has 3 rings (SSSR count). The van der Waals surface area contributed by atoms with Gasteiger partial charge < -0.3 is 4.74 Å². The summed E-state index contributed by atoms with van der Waals surface area (Å²) in [6.07, 6.45) is 8.52. The molecule has 98 valence electrons. The lowest BCUT2D eigenvalue weighted by Crippen LogP contribution is -2.26. The molecule has 1 heterocycles. The summed E-state index contributed by atoms with van der Waals surface area (Å²) in [7, 11) is 0. The number of hydrogen-bond acceptors (Lipinski definition) is 2. The van der Waals surface area contributed by atoms with Crippen LogP contribution in [-0.4, -0.2) is 11.9 Å². The second kappa shape index (κ2) is 4.56. The van der Waals surface area contributed by atoms with Gasteiger partial charge in [-0.15, -0.1) is 0 Å². The topological polar surface area (TPSA) is 26.3 Å². The fourth-order valence-corrected chi connectivity index (χ4v) is 3.58. The average molecular weight is 246 g/mol. The highest BCUT2D eigenvalue weighted by Crippen LogP contribution is 2.44. The molecule has 0 saturated heterocycles. The molecule has 18 heavy (non-hydrogen) atoms. The van der Waals surface area contributed by atoms with Crippen LogP contribution in [-0.2, 0) is 9.53 Å². The van der Waals surface area contributed by atoms with Crippen LogP contribution in [0.5, 0.6) is 0 Å². The summed E-state index contributed by atoms with van der Waals surface area (Å²) in [4.78, 5) is 11.8. The van der Waals surface area contributed by atoms with Crippen LogP contribution in [0.2, 0.25) is 0 Å². The molecule has 0 aromatic carbocycles. The van der Waals surface area contributed by atoms with Crippen molar-refractivity contribution in [1.29, 1.82) is 0 Å². The van der Waals surface area contributed by atoms with Gasteiger partial charge in [0, 0.05) is 18.8 Å². The third kappa shape index (κ3) is 2.02. The Balaban J connectivity index is 1.78. The highest BCUT2D eigenvalue weighted by Gasteiger charge is 2.37. The van der Waals surface area contributed by atoms with E-state index in [-0.39, 0.29) is 5.92 Å². The van der Waals surface area contributed by atoms with E-state index in [1.165, 1.54) is 16.9 Å². The van der Waals surface area contributed by atoms with Crippen LogP contribution in [0, 0.1) is 11.8 Å². The molecule has 2 heteroatoms. The predicted octanol–water partition coefficient (Wildman–Crippen LogP) is 3.77. The first kappa shape index (κ1) is 12.0. The van der Waals surface area contributed by atoms with Gasteiger partial charge in [0.15, 0.2) is 0 Å². The largest absolute Gasteiger partial charge is 0.494 e. The summed E-state index contributed by atoms with van der Waals surface area (Å²) in [6.45, 7) is 4.50. The van der Waals surface area contributed by atoms with Crippen molar-refractivity contribution in [2.24, 2.45) is 11.8 Å². The summed E-state index contributed by atoms with van der Waals surface area (Å²) < 4.78 is 6.17. The van der Waals surface area contributed by atoms with Crippen molar-refractivity contribution in [3.05, 3.63) is 23.0 Å². The minimum atomic E-state index is 0.203. The third-order valence-corrected chi connectivity index (χ3v) is 4.39. The molecule has 0 spiro atoms. The molecule has 0 bridgehead atoms. The molecule has 0 aromatic rings. The number of ether oxygens (including phenoxy) is 1. The normalized spacial score (nSPS) is 31.1. The molecule has 0 fully saturated rings. The standard InChI is InChI=1S/C16H22O2/c1-10(2)9-11-3-4-14-12-5-7-15(17)13(12)6-8-16(14)18-11/h5,10-11,13H,3-4,6-9H2,1-2H3. The van der Waals surface area contributed by atoms with Crippen LogP contribution in [0.3, 0.4) is 0 Å². The Morgan fingerprint density at radius 2 is 2.17 bits per heavy atom. The summed E-state index contributed by atoms with van der Waals surface area (Å²) in [5.74, 6) is 2.51. The van der Waals surface area contributed by atoms with Gasteiger partial charge in [-0.05, 0) is 42.7 Å². The maximum atomic E-state index is 11.8. The van der Waals surface area contributed by atoms with Gasteiger partial charge in [-0.2, -0.15) is 0 Å². The minimum absolute atomic E-state index is 0.203. The van der Waals surface area contributed by atoms with E-state index in [0.29, 0.717) is 24.2 Å². The van der Waals surface area contributed by atoms with Gasteiger partial charge in [-0.3, -0.25) is 4.79 Å². The molecule has 2 aliphatic carbocycles. The summed E-state index contributed by atoms with van der Waals surface area (Å²) in [5, 5.41) is 0. The minimum Gasteiger partial charge on any atom is -0.494 e. The van der Waals surface area contributed by atoms with Crippen LogP contribution in [0.4, 0.5) is 0 Å². The number of allylic oxidation sites excluding steroid dienone is 4. The molecule has 0 N–H and O–H groups in total. The average Bonchev–Trinajstić information content (AvgIpc) is 2.70. The van der Waals surface area contributed by atoms with E-state index in [1.807, 2.05) is 0 Å². The zero-order valence-electron chi connectivity index (χ0n) is 11.4. The van der Waals surface area contributed by atoms with Gasteiger partial charge in [0.05, 0.1) is 11.9 Å². The molecule has 2 atom stereocenters. The number of Topliss-reactive ketones (excluding diaryl/α,β-unsaturated/α-hetero) is 1. The van der Waals surface area contributed by atoms with Gasteiger partial charge >= 0.3 is 0 Å². The molecular weight excluding hydrogens is 224 g/mol. The molecule has 1 aliphatic heterocycles. The highest BCUT2D eigenvalue weighted by atomic mass is 16.5.